The minimum atomic E-state index is -0.759. The highest BCUT2D eigenvalue weighted by atomic mass is 16.3. The fraction of sp³-hybridized carbons (Fsp3) is 1.00. The highest BCUT2D eigenvalue weighted by molar-refractivity contribution is 4.66. The lowest BCUT2D eigenvalue weighted by Gasteiger charge is -2.16. The van der Waals surface area contributed by atoms with Crippen LogP contribution in [0.25, 0.3) is 0 Å². The summed E-state index contributed by atoms with van der Waals surface area (Å²) < 4.78 is 0. The van der Waals surface area contributed by atoms with Crippen LogP contribution in [0.1, 0.15) is 58.3 Å². The van der Waals surface area contributed by atoms with Crippen LogP contribution in [0.2, 0.25) is 0 Å². The van der Waals surface area contributed by atoms with Crippen LogP contribution in [0.4, 0.5) is 0 Å². The Labute approximate surface area is 93.1 Å². The summed E-state index contributed by atoms with van der Waals surface area (Å²) in [7, 11) is 0. The summed E-state index contributed by atoms with van der Waals surface area (Å²) in [4.78, 5) is 0. The van der Waals surface area contributed by atoms with Crippen molar-refractivity contribution >= 4 is 0 Å². The average molecular weight is 218 g/mol. The van der Waals surface area contributed by atoms with Gasteiger partial charge in [0, 0.05) is 6.61 Å². The first-order valence-electron chi connectivity index (χ1n) is 6.19. The predicted octanol–water partition coefficient (Wildman–Crippen LogP) is 1.84. The first-order valence-corrected chi connectivity index (χ1v) is 6.19. The van der Waals surface area contributed by atoms with Crippen molar-refractivity contribution in [3.8, 4) is 0 Å². The van der Waals surface area contributed by atoms with Crippen molar-refractivity contribution in [3.05, 3.63) is 0 Å². The summed E-state index contributed by atoms with van der Waals surface area (Å²) in [5.74, 6) is 0. The minimum Gasteiger partial charge on any atom is -0.396 e. The molecule has 0 aromatic carbocycles. The molecule has 0 aliphatic rings. The van der Waals surface area contributed by atoms with Crippen LogP contribution in [-0.2, 0) is 0 Å². The largest absolute Gasteiger partial charge is 0.396 e. The number of aliphatic hydroxyl groups excluding tert-OH is 3. The topological polar surface area (TPSA) is 60.7 Å². The second-order valence-electron chi connectivity index (χ2n) is 4.20. The van der Waals surface area contributed by atoms with Crippen molar-refractivity contribution in [2.75, 3.05) is 6.61 Å². The molecule has 2 unspecified atom stereocenters. The molecule has 0 spiro atoms. The van der Waals surface area contributed by atoms with Crippen LogP contribution < -0.4 is 0 Å². The molecular formula is C12H26O3. The third-order valence-electron chi connectivity index (χ3n) is 2.72. The summed E-state index contributed by atoms with van der Waals surface area (Å²) in [6.45, 7) is 2.13. The molecule has 92 valence electrons. The highest BCUT2D eigenvalue weighted by Gasteiger charge is 2.14. The number of hydrogen-bond acceptors (Lipinski definition) is 3. The maximum Gasteiger partial charge on any atom is 0.0820 e. The lowest BCUT2D eigenvalue weighted by Crippen LogP contribution is -2.26. The Morgan fingerprint density at radius 3 is 1.93 bits per heavy atom. The zero-order valence-corrected chi connectivity index (χ0v) is 9.86. The molecule has 0 aromatic heterocycles. The third-order valence-corrected chi connectivity index (χ3v) is 2.72. The van der Waals surface area contributed by atoms with Gasteiger partial charge in [0.05, 0.1) is 12.2 Å². The van der Waals surface area contributed by atoms with Gasteiger partial charge in [0.25, 0.3) is 0 Å². The van der Waals surface area contributed by atoms with Crippen molar-refractivity contribution in [2.45, 2.75) is 70.5 Å². The fourth-order valence-corrected chi connectivity index (χ4v) is 1.65. The van der Waals surface area contributed by atoms with Gasteiger partial charge in [0.2, 0.25) is 0 Å². The van der Waals surface area contributed by atoms with Crippen LogP contribution in [0.3, 0.4) is 0 Å². The molecule has 3 nitrogen and oxygen atoms in total. The van der Waals surface area contributed by atoms with E-state index in [1.807, 2.05) is 0 Å². The smallest absolute Gasteiger partial charge is 0.0820 e. The summed E-state index contributed by atoms with van der Waals surface area (Å²) in [5, 5.41) is 27.4. The molecule has 0 aliphatic carbocycles. The summed E-state index contributed by atoms with van der Waals surface area (Å²) in [6.07, 6.45) is 6.62. The molecule has 3 heteroatoms. The van der Waals surface area contributed by atoms with E-state index in [1.165, 1.54) is 25.7 Å². The highest BCUT2D eigenvalue weighted by Crippen LogP contribution is 2.11. The standard InChI is InChI=1S/C12H26O3/c1-2-3-4-5-6-7-8-11(14)12(15)9-10-13/h11-15H,2-10H2,1H3. The van der Waals surface area contributed by atoms with Gasteiger partial charge in [-0.2, -0.15) is 0 Å². The van der Waals surface area contributed by atoms with E-state index in [0.29, 0.717) is 6.42 Å². The lowest BCUT2D eigenvalue weighted by atomic mass is 10.0. The monoisotopic (exact) mass is 218 g/mol. The Hall–Kier alpha value is -0.120. The number of aliphatic hydroxyl groups is 3. The van der Waals surface area contributed by atoms with Crippen LogP contribution in [0.15, 0.2) is 0 Å². The summed E-state index contributed by atoms with van der Waals surface area (Å²) in [6, 6.07) is 0. The van der Waals surface area contributed by atoms with Gasteiger partial charge in [-0.1, -0.05) is 45.4 Å². The number of unbranched alkanes of at least 4 members (excludes halogenated alkanes) is 5. The zero-order valence-electron chi connectivity index (χ0n) is 9.86. The molecule has 3 N–H and O–H groups in total. The van der Waals surface area contributed by atoms with E-state index in [-0.39, 0.29) is 13.0 Å². The molecule has 0 saturated heterocycles. The Balaban J connectivity index is 3.26. The quantitative estimate of drug-likeness (QED) is 0.490. The van der Waals surface area contributed by atoms with Gasteiger partial charge in [-0.05, 0) is 12.8 Å². The summed E-state index contributed by atoms with van der Waals surface area (Å²) >= 11 is 0. The van der Waals surface area contributed by atoms with Crippen molar-refractivity contribution < 1.29 is 15.3 Å². The van der Waals surface area contributed by atoms with Gasteiger partial charge in [0.15, 0.2) is 0 Å². The van der Waals surface area contributed by atoms with E-state index in [2.05, 4.69) is 6.92 Å². The van der Waals surface area contributed by atoms with Crippen molar-refractivity contribution in [1.29, 1.82) is 0 Å². The Morgan fingerprint density at radius 1 is 0.800 bits per heavy atom. The molecule has 0 bridgehead atoms. The van der Waals surface area contributed by atoms with E-state index in [9.17, 15) is 10.2 Å². The van der Waals surface area contributed by atoms with Crippen molar-refractivity contribution in [1.82, 2.24) is 0 Å². The second kappa shape index (κ2) is 10.4. The molecule has 0 heterocycles. The van der Waals surface area contributed by atoms with Crippen molar-refractivity contribution in [3.63, 3.8) is 0 Å². The van der Waals surface area contributed by atoms with Crippen LogP contribution >= 0.6 is 0 Å². The van der Waals surface area contributed by atoms with Gasteiger partial charge in [-0.25, -0.2) is 0 Å². The van der Waals surface area contributed by atoms with E-state index >= 15 is 0 Å². The Morgan fingerprint density at radius 2 is 1.33 bits per heavy atom. The van der Waals surface area contributed by atoms with Gasteiger partial charge < -0.3 is 15.3 Å². The maximum atomic E-state index is 9.49. The third kappa shape index (κ3) is 8.85. The molecule has 15 heavy (non-hydrogen) atoms. The fourth-order valence-electron chi connectivity index (χ4n) is 1.65. The van der Waals surface area contributed by atoms with Gasteiger partial charge in [0.1, 0.15) is 0 Å². The summed E-state index contributed by atoms with van der Waals surface area (Å²) in [5.41, 5.74) is 0. The molecule has 2 atom stereocenters. The second-order valence-corrected chi connectivity index (χ2v) is 4.20. The molecule has 0 radical (unpaired) electrons. The lowest BCUT2D eigenvalue weighted by molar-refractivity contribution is -0.000104. The van der Waals surface area contributed by atoms with E-state index in [0.717, 1.165) is 12.8 Å². The average Bonchev–Trinajstić information content (AvgIpc) is 2.23. The molecule has 0 aliphatic heterocycles. The van der Waals surface area contributed by atoms with Gasteiger partial charge >= 0.3 is 0 Å². The van der Waals surface area contributed by atoms with Crippen LogP contribution in [-0.4, -0.2) is 34.1 Å². The Bertz CT molecular complexity index is 128. The molecule has 0 rings (SSSR count). The Kier molecular flexibility index (Phi) is 10.3. The van der Waals surface area contributed by atoms with Gasteiger partial charge in [-0.15, -0.1) is 0 Å². The van der Waals surface area contributed by atoms with Crippen LogP contribution in [0, 0.1) is 0 Å². The first-order chi connectivity index (χ1) is 7.22. The van der Waals surface area contributed by atoms with Gasteiger partial charge in [-0.3, -0.25) is 0 Å². The predicted molar refractivity (Wildman–Crippen MR) is 61.7 cm³/mol. The first kappa shape index (κ1) is 14.9. The molecule has 0 fully saturated rings. The van der Waals surface area contributed by atoms with E-state index < -0.39 is 12.2 Å². The molecule has 0 saturated carbocycles. The number of rotatable bonds is 10. The van der Waals surface area contributed by atoms with Crippen molar-refractivity contribution in [2.24, 2.45) is 0 Å². The van der Waals surface area contributed by atoms with Crippen LogP contribution in [0.5, 0.6) is 0 Å². The maximum absolute atomic E-state index is 9.49. The molecular weight excluding hydrogens is 192 g/mol. The molecule has 0 amide bonds. The van der Waals surface area contributed by atoms with E-state index in [4.69, 9.17) is 5.11 Å². The minimum absolute atomic E-state index is 0.0608. The number of hydrogen-bond donors (Lipinski definition) is 3. The van der Waals surface area contributed by atoms with E-state index in [1.54, 1.807) is 0 Å². The SMILES string of the molecule is CCCCCCCCC(O)C(O)CCO. The normalized spacial score (nSPS) is 15.2. The zero-order chi connectivity index (χ0) is 11.5. The molecule has 0 aromatic rings.